The lowest BCUT2D eigenvalue weighted by Gasteiger charge is -2.08. The molecule has 0 radical (unpaired) electrons. The Kier molecular flexibility index (Phi) is 6.57. The topological polar surface area (TPSA) is 30.5 Å². The maximum absolute atomic E-state index is 5.66. The number of halogens is 1. The van der Waals surface area contributed by atoms with E-state index in [2.05, 4.69) is 33.4 Å². The number of nitrogens with one attached hydrogen (secondary N) is 1. The molecule has 0 atom stereocenters. The first-order valence-electron chi connectivity index (χ1n) is 7.00. The minimum absolute atomic E-state index is 0.661. The van der Waals surface area contributed by atoms with E-state index in [1.54, 1.807) is 7.11 Å². The lowest BCUT2D eigenvalue weighted by atomic mass is 10.1. The average Bonchev–Trinajstić information content (AvgIpc) is 2.51. The molecule has 1 N–H and O–H groups in total. The van der Waals surface area contributed by atoms with Gasteiger partial charge < -0.3 is 14.8 Å². The van der Waals surface area contributed by atoms with Gasteiger partial charge in [0.05, 0.1) is 7.11 Å². The van der Waals surface area contributed by atoms with Gasteiger partial charge in [-0.05, 0) is 48.9 Å². The monoisotopic (exact) mass is 349 g/mol. The summed E-state index contributed by atoms with van der Waals surface area (Å²) in [6.45, 7) is 2.42. The zero-order chi connectivity index (χ0) is 14.9. The fraction of sp³-hybridized carbons (Fsp3) is 0.294. The van der Waals surface area contributed by atoms with Crippen molar-refractivity contribution in [3.05, 3.63) is 58.6 Å². The van der Waals surface area contributed by atoms with Gasteiger partial charge in [-0.15, -0.1) is 0 Å². The van der Waals surface area contributed by atoms with Crippen LogP contribution in [0.1, 0.15) is 5.56 Å². The van der Waals surface area contributed by atoms with Gasteiger partial charge in [0.25, 0.3) is 0 Å². The summed E-state index contributed by atoms with van der Waals surface area (Å²) in [6, 6.07) is 16.0. The number of methoxy groups -OCH3 is 1. The molecule has 0 saturated carbocycles. The third-order valence-electron chi connectivity index (χ3n) is 3.07. The van der Waals surface area contributed by atoms with Crippen molar-refractivity contribution in [3.8, 4) is 11.5 Å². The Hall–Kier alpha value is -1.52. The van der Waals surface area contributed by atoms with Crippen molar-refractivity contribution >= 4 is 15.9 Å². The lowest BCUT2D eigenvalue weighted by Crippen LogP contribution is -2.23. The maximum atomic E-state index is 5.66. The predicted octanol–water partition coefficient (Wildman–Crippen LogP) is 3.67. The van der Waals surface area contributed by atoms with Crippen molar-refractivity contribution in [2.75, 3.05) is 26.8 Å². The highest BCUT2D eigenvalue weighted by Gasteiger charge is 1.97. The van der Waals surface area contributed by atoms with Crippen LogP contribution in [-0.2, 0) is 6.42 Å². The molecule has 0 saturated heterocycles. The quantitative estimate of drug-likeness (QED) is 0.737. The molecule has 21 heavy (non-hydrogen) atoms. The summed E-state index contributed by atoms with van der Waals surface area (Å²) in [7, 11) is 1.69. The SMILES string of the molecule is COc1cccc(CCNCCOc2cccc(Br)c2)c1. The predicted molar refractivity (Wildman–Crippen MR) is 89.2 cm³/mol. The van der Waals surface area contributed by atoms with Crippen LogP contribution in [0.5, 0.6) is 11.5 Å². The molecule has 4 heteroatoms. The summed E-state index contributed by atoms with van der Waals surface area (Å²) in [4.78, 5) is 0. The van der Waals surface area contributed by atoms with Gasteiger partial charge in [0.15, 0.2) is 0 Å². The summed E-state index contributed by atoms with van der Waals surface area (Å²) in [5.74, 6) is 1.80. The molecule has 2 aromatic rings. The third-order valence-corrected chi connectivity index (χ3v) is 3.56. The number of benzene rings is 2. The van der Waals surface area contributed by atoms with Crippen LogP contribution in [0.25, 0.3) is 0 Å². The standard InChI is InChI=1S/C17H20BrNO2/c1-20-16-6-2-4-14(12-16)8-9-19-10-11-21-17-7-3-5-15(18)13-17/h2-7,12-13,19H,8-11H2,1H3. The van der Waals surface area contributed by atoms with E-state index in [9.17, 15) is 0 Å². The molecular weight excluding hydrogens is 330 g/mol. The van der Waals surface area contributed by atoms with Gasteiger partial charge in [-0.1, -0.05) is 34.1 Å². The van der Waals surface area contributed by atoms with Crippen LogP contribution in [0.3, 0.4) is 0 Å². The van der Waals surface area contributed by atoms with E-state index in [0.717, 1.165) is 35.5 Å². The molecule has 3 nitrogen and oxygen atoms in total. The van der Waals surface area contributed by atoms with E-state index in [0.29, 0.717) is 6.61 Å². The third kappa shape index (κ3) is 5.78. The van der Waals surface area contributed by atoms with E-state index >= 15 is 0 Å². The Bertz CT molecular complexity index is 560. The zero-order valence-corrected chi connectivity index (χ0v) is 13.7. The second kappa shape index (κ2) is 8.70. The molecule has 0 heterocycles. The first kappa shape index (κ1) is 15.9. The Labute approximate surface area is 134 Å². The molecule has 0 unspecified atom stereocenters. The molecule has 0 amide bonds. The minimum Gasteiger partial charge on any atom is -0.497 e. The molecule has 112 valence electrons. The van der Waals surface area contributed by atoms with E-state index in [-0.39, 0.29) is 0 Å². The van der Waals surface area contributed by atoms with E-state index < -0.39 is 0 Å². The van der Waals surface area contributed by atoms with Gasteiger partial charge in [-0.25, -0.2) is 0 Å². The lowest BCUT2D eigenvalue weighted by molar-refractivity contribution is 0.314. The number of rotatable bonds is 8. The van der Waals surface area contributed by atoms with Crippen molar-refractivity contribution in [1.29, 1.82) is 0 Å². The molecule has 0 bridgehead atoms. The highest BCUT2D eigenvalue weighted by molar-refractivity contribution is 9.10. The van der Waals surface area contributed by atoms with Crippen molar-refractivity contribution in [2.45, 2.75) is 6.42 Å². The summed E-state index contributed by atoms with van der Waals surface area (Å²) in [6.07, 6.45) is 0.980. The van der Waals surface area contributed by atoms with Crippen LogP contribution in [0, 0.1) is 0 Å². The summed E-state index contributed by atoms with van der Waals surface area (Å²) in [5.41, 5.74) is 1.27. The Morgan fingerprint density at radius 2 is 1.81 bits per heavy atom. The van der Waals surface area contributed by atoms with Gasteiger partial charge >= 0.3 is 0 Å². The summed E-state index contributed by atoms with van der Waals surface area (Å²) in [5, 5.41) is 3.38. The van der Waals surface area contributed by atoms with Crippen LogP contribution >= 0.6 is 15.9 Å². The highest BCUT2D eigenvalue weighted by Crippen LogP contribution is 2.17. The fourth-order valence-corrected chi connectivity index (χ4v) is 2.36. The molecule has 0 aromatic heterocycles. The molecule has 0 aliphatic carbocycles. The highest BCUT2D eigenvalue weighted by atomic mass is 79.9. The van der Waals surface area contributed by atoms with Crippen molar-refractivity contribution in [2.24, 2.45) is 0 Å². The van der Waals surface area contributed by atoms with E-state index in [1.807, 2.05) is 36.4 Å². The largest absolute Gasteiger partial charge is 0.497 e. The second-order valence-corrected chi connectivity index (χ2v) is 5.57. The van der Waals surface area contributed by atoms with Gasteiger partial charge in [-0.2, -0.15) is 0 Å². The van der Waals surface area contributed by atoms with Crippen LogP contribution in [0.2, 0.25) is 0 Å². The molecule has 0 fully saturated rings. The average molecular weight is 350 g/mol. The molecule has 2 rings (SSSR count). The van der Waals surface area contributed by atoms with Gasteiger partial charge in [-0.3, -0.25) is 0 Å². The molecule has 0 aliphatic heterocycles. The minimum atomic E-state index is 0.661. The number of ether oxygens (including phenoxy) is 2. The van der Waals surface area contributed by atoms with Crippen LogP contribution in [-0.4, -0.2) is 26.8 Å². The maximum Gasteiger partial charge on any atom is 0.120 e. The molecule has 2 aromatic carbocycles. The van der Waals surface area contributed by atoms with E-state index in [4.69, 9.17) is 9.47 Å². The summed E-state index contributed by atoms with van der Waals surface area (Å²) >= 11 is 3.43. The molecular formula is C17H20BrNO2. The first-order chi connectivity index (χ1) is 10.3. The number of hydrogen-bond acceptors (Lipinski definition) is 3. The van der Waals surface area contributed by atoms with Gasteiger partial charge in [0.2, 0.25) is 0 Å². The first-order valence-corrected chi connectivity index (χ1v) is 7.79. The van der Waals surface area contributed by atoms with Crippen molar-refractivity contribution in [3.63, 3.8) is 0 Å². The number of hydrogen-bond donors (Lipinski definition) is 1. The molecule has 0 aliphatic rings. The van der Waals surface area contributed by atoms with E-state index in [1.165, 1.54) is 5.56 Å². The fourth-order valence-electron chi connectivity index (χ4n) is 1.98. The van der Waals surface area contributed by atoms with Crippen molar-refractivity contribution in [1.82, 2.24) is 5.32 Å². The smallest absolute Gasteiger partial charge is 0.120 e. The van der Waals surface area contributed by atoms with Crippen LogP contribution < -0.4 is 14.8 Å². The summed E-state index contributed by atoms with van der Waals surface area (Å²) < 4.78 is 11.9. The molecule has 0 spiro atoms. The Morgan fingerprint density at radius 3 is 2.62 bits per heavy atom. The van der Waals surface area contributed by atoms with Crippen LogP contribution in [0.15, 0.2) is 53.0 Å². The van der Waals surface area contributed by atoms with Gasteiger partial charge in [0, 0.05) is 11.0 Å². The normalized spacial score (nSPS) is 10.4. The van der Waals surface area contributed by atoms with Crippen molar-refractivity contribution < 1.29 is 9.47 Å². The Morgan fingerprint density at radius 1 is 1.00 bits per heavy atom. The van der Waals surface area contributed by atoms with Gasteiger partial charge in [0.1, 0.15) is 18.1 Å². The Balaban J connectivity index is 1.61. The zero-order valence-electron chi connectivity index (χ0n) is 12.1. The van der Waals surface area contributed by atoms with Crippen LogP contribution in [0.4, 0.5) is 0 Å². The second-order valence-electron chi connectivity index (χ2n) is 4.66.